The molecular formula is C20H22FN3O3. The molecule has 2 saturated heterocycles. The first kappa shape index (κ1) is 17.7. The van der Waals surface area contributed by atoms with Crippen LogP contribution in [0.3, 0.4) is 0 Å². The topological polar surface area (TPSA) is 54.9 Å². The van der Waals surface area contributed by atoms with Gasteiger partial charge in [0.2, 0.25) is 5.88 Å². The van der Waals surface area contributed by atoms with Crippen LogP contribution in [0.5, 0.6) is 5.88 Å². The number of hydrogen-bond acceptors (Lipinski definition) is 5. The summed E-state index contributed by atoms with van der Waals surface area (Å²) in [5.74, 6) is 0.192. The lowest BCUT2D eigenvalue weighted by atomic mass is 10.2. The summed E-state index contributed by atoms with van der Waals surface area (Å²) in [5, 5.41) is 0. The summed E-state index contributed by atoms with van der Waals surface area (Å²) in [7, 11) is 0. The van der Waals surface area contributed by atoms with E-state index in [1.807, 2.05) is 4.90 Å². The highest BCUT2D eigenvalue weighted by Crippen LogP contribution is 2.20. The average Bonchev–Trinajstić information content (AvgIpc) is 3.21. The lowest BCUT2D eigenvalue weighted by Crippen LogP contribution is -2.48. The van der Waals surface area contributed by atoms with Gasteiger partial charge in [-0.05, 0) is 30.3 Å². The van der Waals surface area contributed by atoms with Crippen molar-refractivity contribution in [2.24, 2.45) is 0 Å². The van der Waals surface area contributed by atoms with Gasteiger partial charge in [0.1, 0.15) is 11.9 Å². The Balaban J connectivity index is 1.36. The lowest BCUT2D eigenvalue weighted by molar-refractivity contribution is 0.0745. The fourth-order valence-corrected chi connectivity index (χ4v) is 3.39. The van der Waals surface area contributed by atoms with Gasteiger partial charge in [-0.25, -0.2) is 9.37 Å². The number of piperazine rings is 1. The van der Waals surface area contributed by atoms with E-state index in [0.29, 0.717) is 50.8 Å². The van der Waals surface area contributed by atoms with Gasteiger partial charge in [-0.1, -0.05) is 0 Å². The molecule has 0 unspecified atom stereocenters. The third kappa shape index (κ3) is 4.19. The van der Waals surface area contributed by atoms with Crippen molar-refractivity contribution in [2.75, 3.05) is 44.3 Å². The first-order chi connectivity index (χ1) is 13.2. The molecule has 1 aromatic carbocycles. The molecule has 2 aliphatic rings. The Bertz CT molecular complexity index is 785. The number of anilines is 1. The maximum absolute atomic E-state index is 13.1. The van der Waals surface area contributed by atoms with Gasteiger partial charge in [-0.2, -0.15) is 0 Å². The Morgan fingerprint density at radius 1 is 1.15 bits per heavy atom. The maximum atomic E-state index is 13.1. The first-order valence-corrected chi connectivity index (χ1v) is 9.19. The maximum Gasteiger partial charge on any atom is 0.254 e. The molecule has 0 saturated carbocycles. The average molecular weight is 371 g/mol. The van der Waals surface area contributed by atoms with Crippen LogP contribution in [0.1, 0.15) is 16.8 Å². The molecule has 0 bridgehead atoms. The van der Waals surface area contributed by atoms with Crippen molar-refractivity contribution < 1.29 is 18.7 Å². The largest absolute Gasteiger partial charge is 0.472 e. The molecule has 6 nitrogen and oxygen atoms in total. The molecule has 7 heteroatoms. The molecule has 27 heavy (non-hydrogen) atoms. The van der Waals surface area contributed by atoms with Gasteiger partial charge < -0.3 is 19.3 Å². The fraction of sp³-hybridized carbons (Fsp3) is 0.400. The summed E-state index contributed by atoms with van der Waals surface area (Å²) in [6, 6.07) is 9.87. The van der Waals surface area contributed by atoms with Crippen molar-refractivity contribution in [3.05, 3.63) is 54.0 Å². The second-order valence-electron chi connectivity index (χ2n) is 6.74. The number of benzene rings is 1. The predicted molar refractivity (Wildman–Crippen MR) is 98.6 cm³/mol. The van der Waals surface area contributed by atoms with Crippen LogP contribution in [0.15, 0.2) is 42.6 Å². The third-order valence-electron chi connectivity index (χ3n) is 4.92. The van der Waals surface area contributed by atoms with Crippen LogP contribution in [0, 0.1) is 5.82 Å². The Hall–Kier alpha value is -2.67. The minimum absolute atomic E-state index is 0.00195. The van der Waals surface area contributed by atoms with Crippen LogP contribution in [-0.4, -0.2) is 61.3 Å². The molecule has 142 valence electrons. The number of pyridine rings is 1. The summed E-state index contributed by atoms with van der Waals surface area (Å²) in [6.45, 7) is 3.92. The van der Waals surface area contributed by atoms with E-state index in [2.05, 4.69) is 9.88 Å². The first-order valence-electron chi connectivity index (χ1n) is 9.19. The Morgan fingerprint density at radius 3 is 2.63 bits per heavy atom. The summed E-state index contributed by atoms with van der Waals surface area (Å²) in [5.41, 5.74) is 1.55. The quantitative estimate of drug-likeness (QED) is 0.826. The van der Waals surface area contributed by atoms with Gasteiger partial charge in [0.05, 0.1) is 13.2 Å². The van der Waals surface area contributed by atoms with E-state index >= 15 is 0 Å². The summed E-state index contributed by atoms with van der Waals surface area (Å²) >= 11 is 0. The van der Waals surface area contributed by atoms with Gasteiger partial charge >= 0.3 is 0 Å². The van der Waals surface area contributed by atoms with Crippen LogP contribution >= 0.6 is 0 Å². The molecule has 0 radical (unpaired) electrons. The number of aromatic nitrogens is 1. The zero-order chi connectivity index (χ0) is 18.6. The molecule has 0 N–H and O–H groups in total. The van der Waals surface area contributed by atoms with Crippen molar-refractivity contribution in [3.63, 3.8) is 0 Å². The minimum atomic E-state index is -0.243. The Labute approximate surface area is 157 Å². The zero-order valence-electron chi connectivity index (χ0n) is 15.0. The number of amides is 1. The Morgan fingerprint density at radius 2 is 1.93 bits per heavy atom. The number of hydrogen-bond donors (Lipinski definition) is 0. The molecule has 3 heterocycles. The summed E-state index contributed by atoms with van der Waals surface area (Å²) in [6.07, 6.45) is 2.44. The van der Waals surface area contributed by atoms with E-state index in [1.165, 1.54) is 12.1 Å². The van der Waals surface area contributed by atoms with Crippen LogP contribution in [0.2, 0.25) is 0 Å². The molecule has 2 fully saturated rings. The standard InChI is InChI=1S/C20H22FN3O3/c21-16-1-3-17(4-2-16)23-8-10-24(11-9-23)20(25)15-5-7-22-19(13-15)27-18-6-12-26-14-18/h1-5,7,13,18H,6,8-12,14H2/t18-/m1/s1. The molecule has 1 atom stereocenters. The third-order valence-corrected chi connectivity index (χ3v) is 4.92. The normalized spacial score (nSPS) is 20.0. The number of rotatable bonds is 4. The van der Waals surface area contributed by atoms with E-state index in [4.69, 9.17) is 9.47 Å². The zero-order valence-corrected chi connectivity index (χ0v) is 15.0. The van der Waals surface area contributed by atoms with E-state index in [9.17, 15) is 9.18 Å². The van der Waals surface area contributed by atoms with E-state index < -0.39 is 0 Å². The molecule has 4 rings (SSSR count). The fourth-order valence-electron chi connectivity index (χ4n) is 3.39. The van der Waals surface area contributed by atoms with E-state index in [1.54, 1.807) is 30.5 Å². The second-order valence-corrected chi connectivity index (χ2v) is 6.74. The molecule has 1 amide bonds. The van der Waals surface area contributed by atoms with Crippen molar-refractivity contribution in [1.29, 1.82) is 0 Å². The smallest absolute Gasteiger partial charge is 0.254 e. The second kappa shape index (κ2) is 7.92. The molecule has 2 aromatic rings. The van der Waals surface area contributed by atoms with Crippen LogP contribution in [-0.2, 0) is 4.74 Å². The number of halogens is 1. The van der Waals surface area contributed by atoms with Crippen molar-refractivity contribution in [2.45, 2.75) is 12.5 Å². The molecule has 1 aromatic heterocycles. The SMILES string of the molecule is O=C(c1ccnc(O[C@@H]2CCOC2)c1)N1CCN(c2ccc(F)cc2)CC1. The summed E-state index contributed by atoms with van der Waals surface area (Å²) < 4.78 is 24.2. The lowest BCUT2D eigenvalue weighted by Gasteiger charge is -2.36. The van der Waals surface area contributed by atoms with E-state index in [0.717, 1.165) is 12.1 Å². The van der Waals surface area contributed by atoms with Gasteiger partial charge in [0, 0.05) is 56.1 Å². The van der Waals surface area contributed by atoms with Crippen LogP contribution in [0.4, 0.5) is 10.1 Å². The van der Waals surface area contributed by atoms with Gasteiger partial charge in [0.15, 0.2) is 0 Å². The highest BCUT2D eigenvalue weighted by Gasteiger charge is 2.23. The van der Waals surface area contributed by atoms with Gasteiger partial charge in [-0.15, -0.1) is 0 Å². The number of carbonyl (C=O) groups is 1. The van der Waals surface area contributed by atoms with Crippen molar-refractivity contribution in [1.82, 2.24) is 9.88 Å². The number of nitrogens with zero attached hydrogens (tertiary/aromatic N) is 3. The highest BCUT2D eigenvalue weighted by molar-refractivity contribution is 5.94. The van der Waals surface area contributed by atoms with Crippen molar-refractivity contribution >= 4 is 11.6 Å². The highest BCUT2D eigenvalue weighted by atomic mass is 19.1. The van der Waals surface area contributed by atoms with Gasteiger partial charge in [-0.3, -0.25) is 4.79 Å². The van der Waals surface area contributed by atoms with Crippen molar-refractivity contribution in [3.8, 4) is 5.88 Å². The number of ether oxygens (including phenoxy) is 2. The van der Waals surface area contributed by atoms with E-state index in [-0.39, 0.29) is 17.8 Å². The minimum Gasteiger partial charge on any atom is -0.472 e. The summed E-state index contributed by atoms with van der Waals surface area (Å²) in [4.78, 5) is 21.0. The van der Waals surface area contributed by atoms with Crippen LogP contribution < -0.4 is 9.64 Å². The number of carbonyl (C=O) groups excluding carboxylic acids is 1. The predicted octanol–water partition coefficient (Wildman–Crippen LogP) is 2.35. The van der Waals surface area contributed by atoms with Crippen LogP contribution in [0.25, 0.3) is 0 Å². The molecule has 0 spiro atoms. The Kier molecular flexibility index (Phi) is 5.20. The van der Waals surface area contributed by atoms with Gasteiger partial charge in [0.25, 0.3) is 5.91 Å². The monoisotopic (exact) mass is 371 g/mol. The molecule has 0 aliphatic carbocycles. The molecule has 2 aliphatic heterocycles. The molecular weight excluding hydrogens is 349 g/mol.